The minimum Gasteiger partial charge on any atom is -0.326 e. The molecule has 0 unspecified atom stereocenters. The summed E-state index contributed by atoms with van der Waals surface area (Å²) in [4.78, 5) is 18.3. The Hall–Kier alpha value is -3.98. The molecule has 4 rings (SSSR count). The third kappa shape index (κ3) is 16.3. The topological polar surface area (TPSA) is 41.5 Å². The van der Waals surface area contributed by atoms with Crippen LogP contribution in [0, 0.1) is 5.92 Å². The van der Waals surface area contributed by atoms with Crippen molar-refractivity contribution in [1.82, 2.24) is 0 Å². The van der Waals surface area contributed by atoms with Gasteiger partial charge >= 0.3 is 0 Å². The normalized spacial score (nSPS) is 12.5. The Bertz CT molecular complexity index is 1470. The molecule has 1 aliphatic rings. The Labute approximate surface area is 310 Å². The van der Waals surface area contributed by atoms with Crippen LogP contribution in [0.3, 0.4) is 0 Å². The molecule has 272 valence electrons. The summed E-state index contributed by atoms with van der Waals surface area (Å²) in [5.41, 5.74) is 7.62. The fourth-order valence-electron chi connectivity index (χ4n) is 6.87. The Morgan fingerprint density at radius 1 is 0.588 bits per heavy atom. The molecule has 0 aliphatic heterocycles. The van der Waals surface area contributed by atoms with Gasteiger partial charge in [-0.15, -0.1) is 0 Å². The monoisotopic (exact) mass is 685 g/mol. The zero-order chi connectivity index (χ0) is 35.8. The summed E-state index contributed by atoms with van der Waals surface area (Å²) in [6, 6.07) is 27.3. The molecule has 0 saturated heterocycles. The Balaban J connectivity index is 1.24. The summed E-state index contributed by atoms with van der Waals surface area (Å²) in [6.07, 6.45) is 34.3. The highest BCUT2D eigenvalue weighted by atomic mass is 16.1. The van der Waals surface area contributed by atoms with Gasteiger partial charge in [0.15, 0.2) is 0 Å². The van der Waals surface area contributed by atoms with Crippen LogP contribution in [0.25, 0.3) is 6.08 Å². The Morgan fingerprint density at radius 2 is 1.10 bits per heavy atom. The van der Waals surface area contributed by atoms with Crippen molar-refractivity contribution in [3.8, 4) is 0 Å². The van der Waals surface area contributed by atoms with E-state index in [1.54, 1.807) is 0 Å². The lowest BCUT2D eigenvalue weighted by atomic mass is 9.93. The van der Waals surface area contributed by atoms with E-state index in [2.05, 4.69) is 116 Å². The number of hydrogen-bond donors (Lipinski definition) is 1. The molecule has 0 atom stereocenters. The average Bonchev–Trinajstić information content (AvgIpc) is 3.15. The first-order chi connectivity index (χ1) is 25.1. The van der Waals surface area contributed by atoms with Crippen LogP contribution in [0.5, 0.6) is 0 Å². The van der Waals surface area contributed by atoms with Gasteiger partial charge in [0, 0.05) is 11.6 Å². The standard InChI is InChI=1S/C48H64N2O/c1-3-5-7-9-11-13-15-20-24-44(25-21-16-14-12-10-8-6-4-2)48(51)50-47-36-30-43(31-37-47)39-42-28-34-46(35-29-42)49-45-32-26-41(27-33-45)38-40-22-18-17-19-23-40/h17-19,22-23,26-37,39,44H,3-16,20-21,24-25,38H2,1-2H3,(H,50,51). The molecule has 51 heavy (non-hydrogen) atoms. The number of aliphatic imine (C=N–C) groups is 1. The smallest absolute Gasteiger partial charge is 0.227 e. The first-order valence-electron chi connectivity index (χ1n) is 20.3. The largest absolute Gasteiger partial charge is 0.326 e. The van der Waals surface area contributed by atoms with Gasteiger partial charge in [0.05, 0.1) is 11.4 Å². The highest BCUT2D eigenvalue weighted by Crippen LogP contribution is 2.23. The second-order valence-electron chi connectivity index (χ2n) is 14.5. The SMILES string of the molecule is CCCCCCCCCCC(CCCCCCCCCC)C(=O)Nc1ccc(C=C2C=CC(=Nc3ccc(Cc4ccccc4)cc3)C=C2)cc1. The highest BCUT2D eigenvalue weighted by Gasteiger charge is 2.18. The first-order valence-corrected chi connectivity index (χ1v) is 20.3. The lowest BCUT2D eigenvalue weighted by molar-refractivity contribution is -0.120. The van der Waals surface area contributed by atoms with Crippen molar-refractivity contribution >= 4 is 29.1 Å². The van der Waals surface area contributed by atoms with Crippen molar-refractivity contribution in [2.45, 2.75) is 136 Å². The van der Waals surface area contributed by atoms with Crippen LogP contribution in [0.15, 0.2) is 114 Å². The molecule has 0 bridgehead atoms. The number of hydrogen-bond acceptors (Lipinski definition) is 2. The van der Waals surface area contributed by atoms with Gasteiger partial charge in [-0.1, -0.05) is 183 Å². The van der Waals surface area contributed by atoms with Gasteiger partial charge in [0.25, 0.3) is 0 Å². The van der Waals surface area contributed by atoms with Crippen molar-refractivity contribution in [2.24, 2.45) is 10.9 Å². The summed E-state index contributed by atoms with van der Waals surface area (Å²) >= 11 is 0. The fourth-order valence-corrected chi connectivity index (χ4v) is 6.87. The number of nitrogens with zero attached hydrogens (tertiary/aromatic N) is 1. The molecule has 0 fully saturated rings. The van der Waals surface area contributed by atoms with Crippen molar-refractivity contribution in [2.75, 3.05) is 5.32 Å². The zero-order valence-corrected chi connectivity index (χ0v) is 31.8. The number of benzene rings is 3. The predicted octanol–water partition coefficient (Wildman–Crippen LogP) is 14.2. The third-order valence-electron chi connectivity index (χ3n) is 10.0. The molecule has 3 aromatic carbocycles. The minimum absolute atomic E-state index is 0.104. The molecule has 3 heteroatoms. The van der Waals surface area contributed by atoms with Crippen LogP contribution >= 0.6 is 0 Å². The fraction of sp³-hybridized carbons (Fsp3) is 0.458. The quantitative estimate of drug-likeness (QED) is 0.0938. The van der Waals surface area contributed by atoms with E-state index in [0.717, 1.165) is 60.3 Å². The van der Waals surface area contributed by atoms with Crippen LogP contribution in [-0.2, 0) is 11.2 Å². The summed E-state index contributed by atoms with van der Waals surface area (Å²) in [5, 5.41) is 3.26. The summed E-state index contributed by atoms with van der Waals surface area (Å²) in [7, 11) is 0. The number of unbranched alkanes of at least 4 members (excludes halogenated alkanes) is 14. The molecule has 0 spiro atoms. The molecular formula is C48H64N2O. The lowest BCUT2D eigenvalue weighted by Crippen LogP contribution is -2.23. The number of rotatable bonds is 24. The number of carbonyl (C=O) groups excluding carboxylic acids is 1. The summed E-state index contributed by atoms with van der Waals surface area (Å²) in [5.74, 6) is 0.301. The lowest BCUT2D eigenvalue weighted by Gasteiger charge is -2.17. The molecule has 1 aliphatic carbocycles. The van der Waals surface area contributed by atoms with E-state index in [1.807, 2.05) is 12.1 Å². The van der Waals surface area contributed by atoms with Crippen LogP contribution in [0.1, 0.15) is 146 Å². The van der Waals surface area contributed by atoms with E-state index in [9.17, 15) is 4.79 Å². The maximum Gasteiger partial charge on any atom is 0.227 e. The van der Waals surface area contributed by atoms with E-state index >= 15 is 0 Å². The molecule has 0 saturated carbocycles. The number of nitrogens with one attached hydrogen (secondary N) is 1. The number of carbonyl (C=O) groups is 1. The van der Waals surface area contributed by atoms with Crippen LogP contribution in [0.4, 0.5) is 11.4 Å². The molecule has 0 heterocycles. The minimum atomic E-state index is 0.104. The van der Waals surface area contributed by atoms with Gasteiger partial charge in [-0.3, -0.25) is 4.79 Å². The molecule has 0 aromatic heterocycles. The van der Waals surface area contributed by atoms with Crippen molar-refractivity contribution in [1.29, 1.82) is 0 Å². The van der Waals surface area contributed by atoms with E-state index < -0.39 is 0 Å². The summed E-state index contributed by atoms with van der Waals surface area (Å²) < 4.78 is 0. The maximum absolute atomic E-state index is 13.5. The molecule has 0 radical (unpaired) electrons. The second-order valence-corrected chi connectivity index (χ2v) is 14.5. The average molecular weight is 685 g/mol. The van der Waals surface area contributed by atoms with Crippen LogP contribution in [0.2, 0.25) is 0 Å². The number of anilines is 1. The zero-order valence-electron chi connectivity index (χ0n) is 31.8. The summed E-state index contributed by atoms with van der Waals surface area (Å²) in [6.45, 7) is 4.55. The van der Waals surface area contributed by atoms with E-state index in [4.69, 9.17) is 4.99 Å². The van der Waals surface area contributed by atoms with Gasteiger partial charge in [0.1, 0.15) is 0 Å². The van der Waals surface area contributed by atoms with E-state index in [1.165, 1.54) is 101 Å². The van der Waals surface area contributed by atoms with E-state index in [0.29, 0.717) is 0 Å². The Morgan fingerprint density at radius 3 is 1.65 bits per heavy atom. The first kappa shape index (κ1) is 39.8. The maximum atomic E-state index is 13.5. The molecule has 1 amide bonds. The third-order valence-corrected chi connectivity index (χ3v) is 10.0. The Kier molecular flexibility index (Phi) is 18.9. The molecule has 3 nitrogen and oxygen atoms in total. The van der Waals surface area contributed by atoms with Crippen molar-refractivity contribution in [3.63, 3.8) is 0 Å². The number of allylic oxidation sites excluding steroid dienone is 5. The van der Waals surface area contributed by atoms with Crippen molar-refractivity contribution in [3.05, 3.63) is 125 Å². The van der Waals surface area contributed by atoms with Crippen LogP contribution < -0.4 is 5.32 Å². The van der Waals surface area contributed by atoms with Gasteiger partial charge in [-0.05, 0) is 84.0 Å². The molecular weight excluding hydrogens is 621 g/mol. The molecule has 1 N–H and O–H groups in total. The van der Waals surface area contributed by atoms with E-state index in [-0.39, 0.29) is 11.8 Å². The second kappa shape index (κ2) is 24.2. The van der Waals surface area contributed by atoms with Gasteiger partial charge < -0.3 is 5.32 Å². The number of amides is 1. The highest BCUT2D eigenvalue weighted by molar-refractivity contribution is 6.07. The van der Waals surface area contributed by atoms with Gasteiger partial charge in [-0.2, -0.15) is 0 Å². The van der Waals surface area contributed by atoms with Crippen molar-refractivity contribution < 1.29 is 4.79 Å². The van der Waals surface area contributed by atoms with Crippen LogP contribution in [-0.4, -0.2) is 11.6 Å². The van der Waals surface area contributed by atoms with Gasteiger partial charge in [-0.25, -0.2) is 4.99 Å². The molecule has 3 aromatic rings. The predicted molar refractivity (Wildman–Crippen MR) is 222 cm³/mol. The van der Waals surface area contributed by atoms with Gasteiger partial charge in [0.2, 0.25) is 5.91 Å².